The van der Waals surface area contributed by atoms with Crippen LogP contribution in [0.2, 0.25) is 5.02 Å². The maximum atomic E-state index is 12.3. The van der Waals surface area contributed by atoms with Crippen LogP contribution in [0.25, 0.3) is 17.3 Å². The molecule has 7 heteroatoms. The van der Waals surface area contributed by atoms with Crippen LogP contribution < -0.4 is 5.32 Å². The number of hydrogen-bond acceptors (Lipinski definition) is 3. The van der Waals surface area contributed by atoms with E-state index in [2.05, 4.69) is 5.32 Å². The van der Waals surface area contributed by atoms with Gasteiger partial charge in [0.2, 0.25) is 11.8 Å². The fourth-order valence-corrected chi connectivity index (χ4v) is 4.10. The molecule has 1 aliphatic rings. The van der Waals surface area contributed by atoms with E-state index in [9.17, 15) is 9.59 Å². The Bertz CT molecular complexity index is 1130. The van der Waals surface area contributed by atoms with Gasteiger partial charge in [-0.15, -0.1) is 0 Å². The highest BCUT2D eigenvalue weighted by molar-refractivity contribution is 6.31. The second-order valence-electron chi connectivity index (χ2n) is 8.05. The van der Waals surface area contributed by atoms with Crippen molar-refractivity contribution in [3.8, 4) is 11.3 Å². The number of likely N-dealkylation sites (tertiary alicyclic amines) is 1. The molecule has 1 aromatic heterocycles. The van der Waals surface area contributed by atoms with E-state index in [1.54, 1.807) is 6.08 Å². The van der Waals surface area contributed by atoms with Gasteiger partial charge in [-0.05, 0) is 30.5 Å². The molecular weight excluding hydrogens is 436 g/mol. The molecule has 33 heavy (non-hydrogen) atoms. The predicted molar refractivity (Wildman–Crippen MR) is 131 cm³/mol. The Hall–Kier alpha value is -3.38. The Balaban J connectivity index is 1.44. The van der Waals surface area contributed by atoms with Crippen LogP contribution in [0, 0.1) is 0 Å². The first-order valence-electron chi connectivity index (χ1n) is 11.2. The Morgan fingerprint density at radius 2 is 1.76 bits per heavy atom. The minimum absolute atomic E-state index is 0.101. The molecule has 3 aromatic rings. The van der Waals surface area contributed by atoms with Crippen molar-refractivity contribution >= 4 is 29.5 Å². The van der Waals surface area contributed by atoms with Crippen molar-refractivity contribution in [2.24, 2.45) is 0 Å². The summed E-state index contributed by atoms with van der Waals surface area (Å²) < 4.78 is 1.83. The van der Waals surface area contributed by atoms with Crippen LogP contribution in [0.15, 0.2) is 66.9 Å². The summed E-state index contributed by atoms with van der Waals surface area (Å²) in [6.07, 6.45) is 7.61. The van der Waals surface area contributed by atoms with Gasteiger partial charge in [0.15, 0.2) is 0 Å². The normalized spacial score (nSPS) is 13.5. The fourth-order valence-electron chi connectivity index (χ4n) is 3.90. The van der Waals surface area contributed by atoms with Crippen molar-refractivity contribution in [1.82, 2.24) is 20.0 Å². The molecule has 6 nitrogen and oxygen atoms in total. The Kier molecular flexibility index (Phi) is 7.58. The van der Waals surface area contributed by atoms with Gasteiger partial charge in [-0.2, -0.15) is 5.10 Å². The lowest BCUT2D eigenvalue weighted by Crippen LogP contribution is -2.32. The van der Waals surface area contributed by atoms with Gasteiger partial charge in [-0.1, -0.05) is 60.1 Å². The number of carbonyl (C=O) groups excluding carboxylic acids is 2. The van der Waals surface area contributed by atoms with E-state index in [0.717, 1.165) is 48.3 Å². The Morgan fingerprint density at radius 1 is 1.03 bits per heavy atom. The number of amides is 2. The molecule has 1 aliphatic heterocycles. The molecule has 1 N–H and O–H groups in total. The molecule has 4 rings (SSSR count). The average molecular weight is 463 g/mol. The molecule has 1 saturated heterocycles. The van der Waals surface area contributed by atoms with Crippen molar-refractivity contribution in [1.29, 1.82) is 0 Å². The molecule has 170 valence electrons. The second kappa shape index (κ2) is 11.0. The molecular formula is C26H27ClN4O2. The van der Waals surface area contributed by atoms with Crippen LogP contribution in [0.1, 0.15) is 30.4 Å². The molecule has 0 saturated carbocycles. The second-order valence-corrected chi connectivity index (χ2v) is 8.46. The van der Waals surface area contributed by atoms with Gasteiger partial charge in [0.1, 0.15) is 0 Å². The monoisotopic (exact) mass is 462 g/mol. The molecule has 0 aliphatic carbocycles. The quantitative estimate of drug-likeness (QED) is 0.505. The van der Waals surface area contributed by atoms with E-state index < -0.39 is 0 Å². The zero-order chi connectivity index (χ0) is 23.0. The predicted octanol–water partition coefficient (Wildman–Crippen LogP) is 4.39. The van der Waals surface area contributed by atoms with E-state index >= 15 is 0 Å². The lowest BCUT2D eigenvalue weighted by Gasteiger charge is -2.14. The Morgan fingerprint density at radius 3 is 2.52 bits per heavy atom. The molecule has 0 atom stereocenters. The van der Waals surface area contributed by atoms with Crippen LogP contribution in [-0.2, 0) is 16.1 Å². The number of carbonyl (C=O) groups is 2. The number of benzene rings is 2. The van der Waals surface area contributed by atoms with Crippen LogP contribution in [-0.4, -0.2) is 46.1 Å². The molecule has 0 bridgehead atoms. The van der Waals surface area contributed by atoms with Gasteiger partial charge in [0, 0.05) is 54.5 Å². The number of hydrogen-bond donors (Lipinski definition) is 1. The van der Waals surface area contributed by atoms with Crippen molar-refractivity contribution in [3.63, 3.8) is 0 Å². The summed E-state index contributed by atoms with van der Waals surface area (Å²) in [4.78, 5) is 26.3. The SMILES string of the molecule is O=C(/C=C/c1cn(Cc2ccccc2Cl)nc1-c1ccccc1)NCCC(=O)N1CCCC1. The van der Waals surface area contributed by atoms with Crippen LogP contribution in [0.4, 0.5) is 0 Å². The summed E-state index contributed by atoms with van der Waals surface area (Å²) in [7, 11) is 0. The summed E-state index contributed by atoms with van der Waals surface area (Å²) in [5.74, 6) is -0.133. The van der Waals surface area contributed by atoms with Crippen molar-refractivity contribution in [3.05, 3.63) is 83.0 Å². The average Bonchev–Trinajstić information content (AvgIpc) is 3.50. The largest absolute Gasteiger partial charge is 0.352 e. The lowest BCUT2D eigenvalue weighted by molar-refractivity contribution is -0.130. The first-order valence-corrected chi connectivity index (χ1v) is 11.6. The minimum atomic E-state index is -0.234. The summed E-state index contributed by atoms with van der Waals surface area (Å²) >= 11 is 6.32. The van der Waals surface area contributed by atoms with E-state index in [1.807, 2.05) is 70.4 Å². The molecule has 1 fully saturated rings. The Labute approximate surface area is 198 Å². The molecule has 0 spiro atoms. The summed E-state index contributed by atoms with van der Waals surface area (Å²) in [6, 6.07) is 17.5. The highest BCUT2D eigenvalue weighted by Crippen LogP contribution is 2.24. The fraction of sp³-hybridized carbons (Fsp3) is 0.269. The number of nitrogens with one attached hydrogen (secondary N) is 1. The van der Waals surface area contributed by atoms with Gasteiger partial charge < -0.3 is 10.2 Å². The van der Waals surface area contributed by atoms with Gasteiger partial charge in [-0.25, -0.2) is 0 Å². The number of halogens is 1. The molecule has 0 unspecified atom stereocenters. The van der Waals surface area contributed by atoms with E-state index in [1.165, 1.54) is 6.08 Å². The first kappa shape index (κ1) is 22.8. The molecule has 0 radical (unpaired) electrons. The zero-order valence-electron chi connectivity index (χ0n) is 18.4. The van der Waals surface area contributed by atoms with Crippen LogP contribution in [0.5, 0.6) is 0 Å². The summed E-state index contributed by atoms with van der Waals surface area (Å²) in [6.45, 7) is 2.51. The van der Waals surface area contributed by atoms with Gasteiger partial charge in [-0.3, -0.25) is 14.3 Å². The maximum absolute atomic E-state index is 12.3. The summed E-state index contributed by atoms with van der Waals surface area (Å²) in [5, 5.41) is 8.24. The maximum Gasteiger partial charge on any atom is 0.244 e. The standard InChI is InChI=1S/C26H27ClN4O2/c27-23-11-5-4-10-21(23)18-31-19-22(26(29-31)20-8-2-1-3-9-20)12-13-24(32)28-15-14-25(33)30-16-6-7-17-30/h1-5,8-13,19H,6-7,14-18H2,(H,28,32)/b13-12+. The van der Waals surface area contributed by atoms with E-state index in [4.69, 9.17) is 16.7 Å². The van der Waals surface area contributed by atoms with Gasteiger partial charge >= 0.3 is 0 Å². The third-order valence-electron chi connectivity index (χ3n) is 5.64. The summed E-state index contributed by atoms with van der Waals surface area (Å²) in [5.41, 5.74) is 3.55. The van der Waals surface area contributed by atoms with Crippen molar-refractivity contribution in [2.45, 2.75) is 25.8 Å². The zero-order valence-corrected chi connectivity index (χ0v) is 19.2. The minimum Gasteiger partial charge on any atom is -0.352 e. The highest BCUT2D eigenvalue weighted by Gasteiger charge is 2.17. The van der Waals surface area contributed by atoms with E-state index in [-0.39, 0.29) is 11.8 Å². The molecule has 2 aromatic carbocycles. The first-order chi connectivity index (χ1) is 16.1. The lowest BCUT2D eigenvalue weighted by atomic mass is 10.1. The van der Waals surface area contributed by atoms with Crippen LogP contribution >= 0.6 is 11.6 Å². The topological polar surface area (TPSA) is 67.2 Å². The molecule has 2 heterocycles. The number of nitrogens with zero attached hydrogens (tertiary/aromatic N) is 3. The van der Waals surface area contributed by atoms with Gasteiger partial charge in [0.25, 0.3) is 0 Å². The van der Waals surface area contributed by atoms with Crippen molar-refractivity contribution in [2.75, 3.05) is 19.6 Å². The number of rotatable bonds is 8. The third kappa shape index (κ3) is 6.11. The smallest absolute Gasteiger partial charge is 0.244 e. The van der Waals surface area contributed by atoms with E-state index in [0.29, 0.717) is 24.5 Å². The third-order valence-corrected chi connectivity index (χ3v) is 6.01. The number of aromatic nitrogens is 2. The highest BCUT2D eigenvalue weighted by atomic mass is 35.5. The molecule has 2 amide bonds. The van der Waals surface area contributed by atoms with Gasteiger partial charge in [0.05, 0.1) is 12.2 Å². The van der Waals surface area contributed by atoms with Crippen LogP contribution in [0.3, 0.4) is 0 Å². The van der Waals surface area contributed by atoms with Crippen molar-refractivity contribution < 1.29 is 9.59 Å².